The maximum Gasteiger partial charge on any atom is 0.314 e. The van der Waals surface area contributed by atoms with Crippen molar-refractivity contribution in [2.24, 2.45) is 0 Å². The van der Waals surface area contributed by atoms with Gasteiger partial charge in [0.25, 0.3) is 0 Å². The van der Waals surface area contributed by atoms with E-state index in [0.29, 0.717) is 22.9 Å². The van der Waals surface area contributed by atoms with Crippen LogP contribution in [-0.2, 0) is 16.0 Å². The minimum atomic E-state index is -0.741. The maximum atomic E-state index is 12.0. The van der Waals surface area contributed by atoms with Gasteiger partial charge in [0.1, 0.15) is 0 Å². The summed E-state index contributed by atoms with van der Waals surface area (Å²) < 4.78 is 10.4. The molecule has 6 heteroatoms. The van der Waals surface area contributed by atoms with Crippen molar-refractivity contribution in [3.8, 4) is 11.5 Å². The van der Waals surface area contributed by atoms with E-state index < -0.39 is 11.8 Å². The predicted octanol–water partition coefficient (Wildman–Crippen LogP) is 2.55. The van der Waals surface area contributed by atoms with Gasteiger partial charge in [0.2, 0.25) is 6.79 Å². The predicted molar refractivity (Wildman–Crippen MR) is 85.6 cm³/mol. The van der Waals surface area contributed by atoms with Crippen LogP contribution in [0.15, 0.2) is 42.5 Å². The van der Waals surface area contributed by atoms with E-state index in [9.17, 15) is 9.59 Å². The average Bonchev–Trinajstić information content (AvgIpc) is 3.03. The molecule has 3 rings (SSSR count). The first-order valence-electron chi connectivity index (χ1n) is 7.27. The SMILES string of the molecule is CCc1ccccc1NC(=O)C(=O)Nc1ccc2c(c1)OCO2. The molecule has 0 aliphatic carbocycles. The van der Waals surface area contributed by atoms with Crippen LogP contribution in [0.2, 0.25) is 0 Å². The lowest BCUT2D eigenvalue weighted by Crippen LogP contribution is -2.29. The summed E-state index contributed by atoms with van der Waals surface area (Å²) in [6.07, 6.45) is 0.764. The lowest BCUT2D eigenvalue weighted by Gasteiger charge is -2.10. The summed E-state index contributed by atoms with van der Waals surface area (Å²) >= 11 is 0. The number of anilines is 2. The summed E-state index contributed by atoms with van der Waals surface area (Å²) in [6.45, 7) is 2.14. The number of benzene rings is 2. The molecule has 0 radical (unpaired) electrons. The van der Waals surface area contributed by atoms with Crippen molar-refractivity contribution in [3.63, 3.8) is 0 Å². The van der Waals surface area contributed by atoms with E-state index in [4.69, 9.17) is 9.47 Å². The minimum Gasteiger partial charge on any atom is -0.454 e. The number of carbonyl (C=O) groups excluding carboxylic acids is 2. The molecule has 2 N–H and O–H groups in total. The number of fused-ring (bicyclic) bond motifs is 1. The molecule has 1 heterocycles. The molecule has 0 fully saturated rings. The Balaban J connectivity index is 1.67. The molecule has 6 nitrogen and oxygen atoms in total. The standard InChI is InChI=1S/C17H16N2O4/c1-2-11-5-3-4-6-13(11)19-17(21)16(20)18-12-7-8-14-15(9-12)23-10-22-14/h3-9H,2,10H2,1H3,(H,18,20)(H,19,21). The van der Waals surface area contributed by atoms with Gasteiger partial charge in [-0.3, -0.25) is 9.59 Å². The van der Waals surface area contributed by atoms with E-state index >= 15 is 0 Å². The van der Waals surface area contributed by atoms with Crippen LogP contribution in [0.1, 0.15) is 12.5 Å². The fourth-order valence-corrected chi connectivity index (χ4v) is 2.29. The third-order valence-corrected chi connectivity index (χ3v) is 3.48. The first-order chi connectivity index (χ1) is 11.2. The lowest BCUT2D eigenvalue weighted by atomic mass is 10.1. The third kappa shape index (κ3) is 3.26. The van der Waals surface area contributed by atoms with Gasteiger partial charge >= 0.3 is 11.8 Å². The van der Waals surface area contributed by atoms with Crippen molar-refractivity contribution in [2.75, 3.05) is 17.4 Å². The van der Waals surface area contributed by atoms with E-state index in [-0.39, 0.29) is 6.79 Å². The molecule has 0 aromatic heterocycles. The molecule has 2 aromatic carbocycles. The lowest BCUT2D eigenvalue weighted by molar-refractivity contribution is -0.133. The Morgan fingerprint density at radius 2 is 1.74 bits per heavy atom. The monoisotopic (exact) mass is 312 g/mol. The highest BCUT2D eigenvalue weighted by Gasteiger charge is 2.18. The summed E-state index contributed by atoms with van der Waals surface area (Å²) in [4.78, 5) is 24.1. The highest BCUT2D eigenvalue weighted by atomic mass is 16.7. The molecule has 2 aromatic rings. The zero-order chi connectivity index (χ0) is 16.2. The minimum absolute atomic E-state index is 0.154. The van der Waals surface area contributed by atoms with Gasteiger partial charge in [-0.2, -0.15) is 0 Å². The van der Waals surface area contributed by atoms with Crippen molar-refractivity contribution in [3.05, 3.63) is 48.0 Å². The molecular formula is C17H16N2O4. The van der Waals surface area contributed by atoms with Crippen LogP contribution in [0.3, 0.4) is 0 Å². The second-order valence-corrected chi connectivity index (χ2v) is 4.99. The molecule has 0 saturated carbocycles. The summed E-state index contributed by atoms with van der Waals surface area (Å²) in [5, 5.41) is 5.17. The molecule has 0 atom stereocenters. The molecule has 1 aliphatic rings. The molecule has 0 spiro atoms. The van der Waals surface area contributed by atoms with Crippen LogP contribution in [0, 0.1) is 0 Å². The Labute approximate surface area is 133 Å². The van der Waals surface area contributed by atoms with Gasteiger partial charge in [0.05, 0.1) is 0 Å². The quantitative estimate of drug-likeness (QED) is 0.854. The van der Waals surface area contributed by atoms with Gasteiger partial charge in [-0.15, -0.1) is 0 Å². The number of rotatable bonds is 3. The molecule has 0 unspecified atom stereocenters. The fraction of sp³-hybridized carbons (Fsp3) is 0.176. The molecule has 118 valence electrons. The van der Waals surface area contributed by atoms with E-state index in [1.165, 1.54) is 0 Å². The Hall–Kier alpha value is -3.02. The van der Waals surface area contributed by atoms with Crippen LogP contribution >= 0.6 is 0 Å². The van der Waals surface area contributed by atoms with Gasteiger partial charge in [0, 0.05) is 17.4 Å². The first kappa shape index (κ1) is 14.9. The van der Waals surface area contributed by atoms with E-state index in [1.807, 2.05) is 25.1 Å². The summed E-state index contributed by atoms with van der Waals surface area (Å²) in [5.74, 6) is -0.304. The second kappa shape index (κ2) is 6.39. The number of carbonyl (C=O) groups is 2. The zero-order valence-corrected chi connectivity index (χ0v) is 12.6. The number of amides is 2. The molecule has 0 saturated heterocycles. The zero-order valence-electron chi connectivity index (χ0n) is 12.6. The van der Waals surface area contributed by atoms with Crippen molar-refractivity contribution in [1.82, 2.24) is 0 Å². The molecule has 0 bridgehead atoms. The largest absolute Gasteiger partial charge is 0.454 e. The highest BCUT2D eigenvalue weighted by molar-refractivity contribution is 6.43. The van der Waals surface area contributed by atoms with Crippen molar-refractivity contribution in [1.29, 1.82) is 0 Å². The maximum absolute atomic E-state index is 12.0. The van der Waals surface area contributed by atoms with Crippen molar-refractivity contribution < 1.29 is 19.1 Å². The Kier molecular flexibility index (Phi) is 4.14. The summed E-state index contributed by atoms with van der Waals surface area (Å²) in [5.41, 5.74) is 2.08. The normalized spacial score (nSPS) is 11.9. The number of hydrogen-bond donors (Lipinski definition) is 2. The Bertz CT molecular complexity index is 758. The number of nitrogens with one attached hydrogen (secondary N) is 2. The van der Waals surface area contributed by atoms with E-state index in [0.717, 1.165) is 12.0 Å². The number of hydrogen-bond acceptors (Lipinski definition) is 4. The van der Waals surface area contributed by atoms with E-state index in [2.05, 4.69) is 10.6 Å². The van der Waals surface area contributed by atoms with Crippen LogP contribution in [0.4, 0.5) is 11.4 Å². The molecular weight excluding hydrogens is 296 g/mol. The smallest absolute Gasteiger partial charge is 0.314 e. The van der Waals surface area contributed by atoms with Crippen molar-refractivity contribution in [2.45, 2.75) is 13.3 Å². The van der Waals surface area contributed by atoms with Gasteiger partial charge < -0.3 is 20.1 Å². The molecule has 1 aliphatic heterocycles. The molecule has 2 amide bonds. The van der Waals surface area contributed by atoms with Gasteiger partial charge in [0.15, 0.2) is 11.5 Å². The summed E-state index contributed by atoms with van der Waals surface area (Å²) in [6, 6.07) is 12.3. The third-order valence-electron chi connectivity index (χ3n) is 3.48. The summed E-state index contributed by atoms with van der Waals surface area (Å²) in [7, 11) is 0. The average molecular weight is 312 g/mol. The highest BCUT2D eigenvalue weighted by Crippen LogP contribution is 2.34. The Morgan fingerprint density at radius 1 is 1.00 bits per heavy atom. The van der Waals surface area contributed by atoms with Gasteiger partial charge in [-0.05, 0) is 30.2 Å². The fourth-order valence-electron chi connectivity index (χ4n) is 2.29. The van der Waals surface area contributed by atoms with Crippen LogP contribution in [-0.4, -0.2) is 18.6 Å². The van der Waals surface area contributed by atoms with Crippen molar-refractivity contribution >= 4 is 23.2 Å². The van der Waals surface area contributed by atoms with Crippen LogP contribution in [0.5, 0.6) is 11.5 Å². The topological polar surface area (TPSA) is 76.7 Å². The first-order valence-corrected chi connectivity index (χ1v) is 7.27. The molecule has 23 heavy (non-hydrogen) atoms. The van der Waals surface area contributed by atoms with Crippen LogP contribution < -0.4 is 20.1 Å². The van der Waals surface area contributed by atoms with Crippen LogP contribution in [0.25, 0.3) is 0 Å². The number of ether oxygens (including phenoxy) is 2. The second-order valence-electron chi connectivity index (χ2n) is 4.99. The van der Waals surface area contributed by atoms with Gasteiger partial charge in [-0.1, -0.05) is 25.1 Å². The van der Waals surface area contributed by atoms with E-state index in [1.54, 1.807) is 24.3 Å². The number of aryl methyl sites for hydroxylation is 1. The Morgan fingerprint density at radius 3 is 2.57 bits per heavy atom. The van der Waals surface area contributed by atoms with Gasteiger partial charge in [-0.25, -0.2) is 0 Å². The number of para-hydroxylation sites is 1.